The third-order valence-electron chi connectivity index (χ3n) is 2.28. The predicted molar refractivity (Wildman–Crippen MR) is 68.4 cm³/mol. The summed E-state index contributed by atoms with van der Waals surface area (Å²) in [5.74, 6) is 1.46. The van der Waals surface area contributed by atoms with Crippen molar-refractivity contribution in [3.8, 4) is 5.75 Å². The number of ether oxygens (including phenoxy) is 1. The Hall–Kier alpha value is -1.70. The van der Waals surface area contributed by atoms with E-state index in [9.17, 15) is 0 Å². The molecule has 0 aliphatic rings. The van der Waals surface area contributed by atoms with E-state index in [1.807, 2.05) is 43.6 Å². The number of benzene rings is 1. The second-order valence-electron chi connectivity index (χ2n) is 3.77. The van der Waals surface area contributed by atoms with E-state index in [-0.39, 0.29) is 0 Å². The number of nitrogens with zero attached hydrogens (tertiary/aromatic N) is 1. The maximum absolute atomic E-state index is 5.56. The van der Waals surface area contributed by atoms with Gasteiger partial charge < -0.3 is 9.64 Å². The van der Waals surface area contributed by atoms with Gasteiger partial charge in [0.05, 0.1) is 0 Å². The monoisotopic (exact) mass is 217 g/mol. The van der Waals surface area contributed by atoms with Crippen LogP contribution in [0.15, 0.2) is 48.9 Å². The lowest BCUT2D eigenvalue weighted by Gasteiger charge is -2.10. The highest BCUT2D eigenvalue weighted by atomic mass is 16.5. The molecule has 0 radical (unpaired) electrons. The number of hydrogen-bond donors (Lipinski definition) is 0. The zero-order chi connectivity index (χ0) is 12.0. The highest BCUT2D eigenvalue weighted by molar-refractivity contribution is 5.28. The average molecular weight is 217 g/mol. The first kappa shape index (κ1) is 12.4. The fourth-order valence-electron chi connectivity index (χ4n) is 1.11. The van der Waals surface area contributed by atoms with Crippen molar-refractivity contribution < 1.29 is 4.74 Å². The Bertz CT molecular complexity index is 365. The lowest BCUT2D eigenvalue weighted by molar-refractivity contribution is 0.438. The van der Waals surface area contributed by atoms with Crippen LogP contribution in [0, 0.1) is 6.92 Å². The molecule has 0 amide bonds. The van der Waals surface area contributed by atoms with Crippen molar-refractivity contribution in [2.45, 2.75) is 13.8 Å². The van der Waals surface area contributed by atoms with Crippen LogP contribution in [0.2, 0.25) is 0 Å². The minimum atomic E-state index is 0.643. The summed E-state index contributed by atoms with van der Waals surface area (Å²) in [4.78, 5) is 2.06. The van der Waals surface area contributed by atoms with E-state index in [0.29, 0.717) is 5.76 Å². The van der Waals surface area contributed by atoms with Gasteiger partial charge in [-0.05, 0) is 32.1 Å². The van der Waals surface area contributed by atoms with Crippen LogP contribution in [0.25, 0.3) is 0 Å². The predicted octanol–water partition coefficient (Wildman–Crippen LogP) is 3.35. The number of aryl methyl sites for hydroxylation is 1. The maximum Gasteiger partial charge on any atom is 0.127 e. The molecule has 16 heavy (non-hydrogen) atoms. The normalized spacial score (nSPS) is 10.4. The minimum Gasteiger partial charge on any atom is -0.458 e. The second-order valence-corrected chi connectivity index (χ2v) is 3.77. The highest BCUT2D eigenvalue weighted by Gasteiger charge is 1.94. The van der Waals surface area contributed by atoms with Gasteiger partial charge in [0.25, 0.3) is 0 Å². The SMILES string of the molecule is C=C(/C=C\N(C)CC)Oc1ccc(C)cc1. The van der Waals surface area contributed by atoms with Crippen LogP contribution in [0.4, 0.5) is 0 Å². The Kier molecular flexibility index (Phi) is 4.65. The van der Waals surface area contributed by atoms with Crippen LogP contribution < -0.4 is 4.74 Å². The van der Waals surface area contributed by atoms with Gasteiger partial charge in [0, 0.05) is 19.8 Å². The van der Waals surface area contributed by atoms with Gasteiger partial charge >= 0.3 is 0 Å². The van der Waals surface area contributed by atoms with Crippen molar-refractivity contribution >= 4 is 0 Å². The fourth-order valence-corrected chi connectivity index (χ4v) is 1.11. The Morgan fingerprint density at radius 3 is 2.56 bits per heavy atom. The summed E-state index contributed by atoms with van der Waals surface area (Å²) in [7, 11) is 2.01. The molecule has 0 bridgehead atoms. The number of hydrogen-bond acceptors (Lipinski definition) is 2. The topological polar surface area (TPSA) is 12.5 Å². The lowest BCUT2D eigenvalue weighted by atomic mass is 10.2. The first-order valence-electron chi connectivity index (χ1n) is 5.43. The quantitative estimate of drug-likeness (QED) is 0.554. The molecule has 1 aromatic carbocycles. The van der Waals surface area contributed by atoms with E-state index in [0.717, 1.165) is 12.3 Å². The summed E-state index contributed by atoms with van der Waals surface area (Å²) in [6, 6.07) is 7.92. The summed E-state index contributed by atoms with van der Waals surface area (Å²) in [5.41, 5.74) is 1.22. The van der Waals surface area contributed by atoms with Gasteiger partial charge in [0.1, 0.15) is 11.5 Å². The Morgan fingerprint density at radius 2 is 2.00 bits per heavy atom. The van der Waals surface area contributed by atoms with Crippen molar-refractivity contribution in [3.05, 3.63) is 54.4 Å². The zero-order valence-electron chi connectivity index (χ0n) is 10.2. The molecule has 0 heterocycles. The smallest absolute Gasteiger partial charge is 0.127 e. The standard InChI is InChI=1S/C14H19NO/c1-5-15(4)11-10-13(3)16-14-8-6-12(2)7-9-14/h6-11H,3,5H2,1-2,4H3/b11-10-. The molecule has 0 saturated carbocycles. The molecule has 0 aromatic heterocycles. The Labute approximate surface area is 97.8 Å². The molecular formula is C14H19NO. The van der Waals surface area contributed by atoms with Crippen molar-refractivity contribution in [2.75, 3.05) is 13.6 Å². The molecule has 1 aromatic rings. The van der Waals surface area contributed by atoms with Crippen LogP contribution >= 0.6 is 0 Å². The summed E-state index contributed by atoms with van der Waals surface area (Å²) >= 11 is 0. The highest BCUT2D eigenvalue weighted by Crippen LogP contribution is 2.14. The molecule has 0 unspecified atom stereocenters. The largest absolute Gasteiger partial charge is 0.458 e. The fraction of sp³-hybridized carbons (Fsp3) is 0.286. The molecule has 86 valence electrons. The molecule has 1 rings (SSSR count). The van der Waals surface area contributed by atoms with E-state index < -0.39 is 0 Å². The summed E-state index contributed by atoms with van der Waals surface area (Å²) < 4.78 is 5.56. The van der Waals surface area contributed by atoms with Gasteiger partial charge in [-0.3, -0.25) is 0 Å². The van der Waals surface area contributed by atoms with Crippen molar-refractivity contribution in [3.63, 3.8) is 0 Å². The van der Waals surface area contributed by atoms with Crippen molar-refractivity contribution in [1.82, 2.24) is 4.90 Å². The van der Waals surface area contributed by atoms with Crippen molar-refractivity contribution in [1.29, 1.82) is 0 Å². The van der Waals surface area contributed by atoms with E-state index in [2.05, 4.69) is 25.3 Å². The van der Waals surface area contributed by atoms with Gasteiger partial charge in [-0.15, -0.1) is 0 Å². The van der Waals surface area contributed by atoms with Crippen LogP contribution in [0.5, 0.6) is 5.75 Å². The minimum absolute atomic E-state index is 0.643. The molecule has 2 nitrogen and oxygen atoms in total. The average Bonchev–Trinajstić information content (AvgIpc) is 2.29. The third kappa shape index (κ3) is 4.22. The lowest BCUT2D eigenvalue weighted by Crippen LogP contribution is -2.08. The second kappa shape index (κ2) is 6.01. The molecule has 0 aliphatic heterocycles. The van der Waals surface area contributed by atoms with Gasteiger partial charge in [0.2, 0.25) is 0 Å². The van der Waals surface area contributed by atoms with Crippen LogP contribution in [-0.4, -0.2) is 18.5 Å². The Morgan fingerprint density at radius 1 is 1.38 bits per heavy atom. The van der Waals surface area contributed by atoms with E-state index in [4.69, 9.17) is 4.74 Å². The molecule has 0 fully saturated rings. The van der Waals surface area contributed by atoms with E-state index >= 15 is 0 Å². The summed E-state index contributed by atoms with van der Waals surface area (Å²) in [5, 5.41) is 0. The number of allylic oxidation sites excluding steroid dienone is 1. The van der Waals surface area contributed by atoms with Crippen molar-refractivity contribution in [2.24, 2.45) is 0 Å². The maximum atomic E-state index is 5.56. The van der Waals surface area contributed by atoms with Gasteiger partial charge in [0.15, 0.2) is 0 Å². The van der Waals surface area contributed by atoms with Gasteiger partial charge in [-0.2, -0.15) is 0 Å². The molecule has 0 atom stereocenters. The molecule has 2 heteroatoms. The molecule has 0 saturated heterocycles. The van der Waals surface area contributed by atoms with E-state index in [1.54, 1.807) is 0 Å². The first-order valence-corrected chi connectivity index (χ1v) is 5.43. The van der Waals surface area contributed by atoms with Gasteiger partial charge in [-0.25, -0.2) is 0 Å². The van der Waals surface area contributed by atoms with Crippen LogP contribution in [-0.2, 0) is 0 Å². The molecular weight excluding hydrogens is 198 g/mol. The Balaban J connectivity index is 2.51. The molecule has 0 N–H and O–H groups in total. The van der Waals surface area contributed by atoms with Crippen LogP contribution in [0.1, 0.15) is 12.5 Å². The van der Waals surface area contributed by atoms with E-state index in [1.165, 1.54) is 5.56 Å². The van der Waals surface area contributed by atoms with Gasteiger partial charge in [-0.1, -0.05) is 24.3 Å². The summed E-state index contributed by atoms with van der Waals surface area (Å²) in [6.45, 7) is 8.95. The molecule has 0 aliphatic carbocycles. The summed E-state index contributed by atoms with van der Waals surface area (Å²) in [6.07, 6.45) is 3.82. The zero-order valence-corrected chi connectivity index (χ0v) is 10.2. The number of rotatable bonds is 5. The molecule has 0 spiro atoms. The first-order chi connectivity index (χ1) is 7.61. The van der Waals surface area contributed by atoms with Crippen LogP contribution in [0.3, 0.4) is 0 Å². The third-order valence-corrected chi connectivity index (χ3v) is 2.28.